The lowest BCUT2D eigenvalue weighted by Gasteiger charge is -2.03. The van der Waals surface area contributed by atoms with Gasteiger partial charge in [0.2, 0.25) is 0 Å². The zero-order valence-electron chi connectivity index (χ0n) is 12.1. The van der Waals surface area contributed by atoms with Gasteiger partial charge in [-0.1, -0.05) is 29.8 Å². The molecule has 122 valence electrons. The molecule has 0 saturated carbocycles. The van der Waals surface area contributed by atoms with Gasteiger partial charge in [0.1, 0.15) is 11.0 Å². The summed E-state index contributed by atoms with van der Waals surface area (Å²) in [6.45, 7) is 0. The minimum absolute atomic E-state index is 0.110. The summed E-state index contributed by atoms with van der Waals surface area (Å²) in [5.74, 6) is -0.663. The Labute approximate surface area is 154 Å². The van der Waals surface area contributed by atoms with Gasteiger partial charge in [-0.05, 0) is 33.6 Å². The monoisotopic (exact) mass is 425 g/mol. The second-order valence-corrected chi connectivity index (χ2v) is 7.23. The Bertz CT molecular complexity index is 903. The Morgan fingerprint density at radius 3 is 2.88 bits per heavy atom. The zero-order chi connectivity index (χ0) is 17.1. The third-order valence-electron chi connectivity index (χ3n) is 3.15. The Hall–Kier alpha value is -1.83. The molecule has 0 aliphatic heterocycles. The van der Waals surface area contributed by atoms with Gasteiger partial charge in [0.25, 0.3) is 5.91 Å². The number of rotatable bonds is 4. The van der Waals surface area contributed by atoms with Crippen molar-refractivity contribution in [2.45, 2.75) is 6.42 Å². The number of nitrogens with one attached hydrogen (secondary N) is 1. The van der Waals surface area contributed by atoms with Gasteiger partial charge < -0.3 is 0 Å². The Balaban J connectivity index is 1.73. The number of carbonyl (C=O) groups excluding carboxylic acids is 1. The maximum Gasteiger partial charge on any atom is 0.260 e. The Morgan fingerprint density at radius 2 is 2.08 bits per heavy atom. The zero-order valence-corrected chi connectivity index (χ0v) is 15.3. The van der Waals surface area contributed by atoms with E-state index in [1.807, 2.05) is 0 Å². The molecule has 1 aromatic carbocycles. The molecule has 2 heterocycles. The van der Waals surface area contributed by atoms with Crippen LogP contribution in [0.1, 0.15) is 20.8 Å². The van der Waals surface area contributed by atoms with Crippen LogP contribution in [0.3, 0.4) is 0 Å². The first-order valence-electron chi connectivity index (χ1n) is 6.83. The number of nitrogens with zero attached hydrogens (tertiary/aromatic N) is 2. The van der Waals surface area contributed by atoms with Crippen molar-refractivity contribution in [1.82, 2.24) is 9.97 Å². The second-order valence-electron chi connectivity index (χ2n) is 4.85. The molecule has 1 amide bonds. The number of hydrogen-bond acceptors (Lipinski definition) is 4. The van der Waals surface area contributed by atoms with Crippen LogP contribution in [-0.4, -0.2) is 15.9 Å². The summed E-state index contributed by atoms with van der Waals surface area (Å²) >= 11 is 10.5. The minimum Gasteiger partial charge on any atom is -0.298 e. The van der Waals surface area contributed by atoms with E-state index in [2.05, 4.69) is 31.2 Å². The number of halogens is 3. The van der Waals surface area contributed by atoms with E-state index in [1.54, 1.807) is 30.5 Å². The number of aromatic nitrogens is 2. The van der Waals surface area contributed by atoms with Gasteiger partial charge in [0.05, 0.1) is 5.56 Å². The highest BCUT2D eigenvalue weighted by molar-refractivity contribution is 9.10. The quantitative estimate of drug-likeness (QED) is 0.601. The molecule has 0 unspecified atom stereocenters. The van der Waals surface area contributed by atoms with Gasteiger partial charge in [0, 0.05) is 28.2 Å². The maximum absolute atomic E-state index is 13.7. The van der Waals surface area contributed by atoms with Crippen LogP contribution in [0.15, 0.2) is 47.2 Å². The van der Waals surface area contributed by atoms with E-state index in [0.717, 1.165) is 4.88 Å². The summed E-state index contributed by atoms with van der Waals surface area (Å²) in [5.41, 5.74) is 0.829. The molecule has 0 atom stereocenters. The average molecular weight is 427 g/mol. The molecule has 24 heavy (non-hydrogen) atoms. The number of benzene rings is 1. The van der Waals surface area contributed by atoms with Gasteiger partial charge >= 0.3 is 0 Å². The molecule has 4 nitrogen and oxygen atoms in total. The lowest BCUT2D eigenvalue weighted by molar-refractivity contribution is 0.102. The minimum atomic E-state index is -0.402. The summed E-state index contributed by atoms with van der Waals surface area (Å²) < 4.78 is 14.3. The lowest BCUT2D eigenvalue weighted by Crippen LogP contribution is -2.12. The number of anilines is 1. The Kier molecular flexibility index (Phi) is 5.23. The van der Waals surface area contributed by atoms with Crippen LogP contribution in [0.2, 0.25) is 5.15 Å². The SMILES string of the molecule is O=C(Nc1ncc(Cc2ccccc2F)s1)c1cc(Br)cnc1Cl. The van der Waals surface area contributed by atoms with E-state index < -0.39 is 5.91 Å². The lowest BCUT2D eigenvalue weighted by atomic mass is 10.1. The molecule has 0 aliphatic rings. The highest BCUT2D eigenvalue weighted by atomic mass is 79.9. The topological polar surface area (TPSA) is 54.9 Å². The van der Waals surface area contributed by atoms with Crippen molar-refractivity contribution in [3.05, 3.63) is 74.2 Å². The van der Waals surface area contributed by atoms with E-state index in [-0.39, 0.29) is 16.5 Å². The van der Waals surface area contributed by atoms with Crippen molar-refractivity contribution >= 4 is 49.9 Å². The number of thiazole rings is 1. The molecule has 3 aromatic rings. The molecule has 0 spiro atoms. The van der Waals surface area contributed by atoms with Crippen LogP contribution in [0.4, 0.5) is 9.52 Å². The second kappa shape index (κ2) is 7.38. The van der Waals surface area contributed by atoms with Crippen LogP contribution in [0, 0.1) is 5.82 Å². The van der Waals surface area contributed by atoms with Crippen molar-refractivity contribution in [2.75, 3.05) is 5.32 Å². The maximum atomic E-state index is 13.7. The van der Waals surface area contributed by atoms with E-state index in [1.165, 1.54) is 23.6 Å². The largest absolute Gasteiger partial charge is 0.298 e. The molecule has 0 radical (unpaired) electrons. The van der Waals surface area contributed by atoms with Crippen molar-refractivity contribution in [1.29, 1.82) is 0 Å². The van der Waals surface area contributed by atoms with Crippen LogP contribution < -0.4 is 5.32 Å². The molecular weight excluding hydrogens is 417 g/mol. The van der Waals surface area contributed by atoms with Gasteiger partial charge in [-0.25, -0.2) is 14.4 Å². The van der Waals surface area contributed by atoms with Crippen LogP contribution in [0.5, 0.6) is 0 Å². The third-order valence-corrected chi connectivity index (χ3v) is 4.79. The fourth-order valence-corrected chi connectivity index (χ4v) is 3.37. The number of amides is 1. The van der Waals surface area contributed by atoms with E-state index in [0.29, 0.717) is 21.6 Å². The van der Waals surface area contributed by atoms with Crippen molar-refractivity contribution in [3.63, 3.8) is 0 Å². The molecule has 8 heteroatoms. The average Bonchev–Trinajstić information content (AvgIpc) is 2.99. The first kappa shape index (κ1) is 17.0. The van der Waals surface area contributed by atoms with Crippen LogP contribution in [0.25, 0.3) is 0 Å². The van der Waals surface area contributed by atoms with Crippen LogP contribution in [-0.2, 0) is 6.42 Å². The molecule has 1 N–H and O–H groups in total. The molecule has 0 saturated heterocycles. The number of pyridine rings is 1. The number of carbonyl (C=O) groups is 1. The molecule has 0 fully saturated rings. The predicted molar refractivity (Wildman–Crippen MR) is 96.2 cm³/mol. The molecule has 0 aliphatic carbocycles. The van der Waals surface area contributed by atoms with Crippen LogP contribution >= 0.6 is 38.9 Å². The first-order valence-corrected chi connectivity index (χ1v) is 8.82. The Morgan fingerprint density at radius 1 is 1.29 bits per heavy atom. The van der Waals surface area contributed by atoms with Gasteiger partial charge in [-0.3, -0.25) is 10.1 Å². The van der Waals surface area contributed by atoms with Crippen molar-refractivity contribution < 1.29 is 9.18 Å². The normalized spacial score (nSPS) is 10.6. The van der Waals surface area contributed by atoms with Gasteiger partial charge in [-0.2, -0.15) is 0 Å². The molecule has 3 rings (SSSR count). The smallest absolute Gasteiger partial charge is 0.260 e. The highest BCUT2D eigenvalue weighted by Crippen LogP contribution is 2.24. The fraction of sp³-hybridized carbons (Fsp3) is 0.0625. The van der Waals surface area contributed by atoms with Crippen molar-refractivity contribution in [2.24, 2.45) is 0 Å². The fourth-order valence-electron chi connectivity index (χ4n) is 2.02. The van der Waals surface area contributed by atoms with E-state index >= 15 is 0 Å². The van der Waals surface area contributed by atoms with Gasteiger partial charge in [0.15, 0.2) is 5.13 Å². The third kappa shape index (κ3) is 3.98. The summed E-state index contributed by atoms with van der Waals surface area (Å²) in [5, 5.41) is 3.21. The molecule has 0 bridgehead atoms. The summed E-state index contributed by atoms with van der Waals surface area (Å²) in [6, 6.07) is 8.15. The first-order chi connectivity index (χ1) is 11.5. The summed E-state index contributed by atoms with van der Waals surface area (Å²) in [4.78, 5) is 21.2. The summed E-state index contributed by atoms with van der Waals surface area (Å²) in [7, 11) is 0. The predicted octanol–water partition coefficient (Wildman–Crippen LogP) is 4.94. The molecular formula is C16H10BrClFN3OS. The van der Waals surface area contributed by atoms with E-state index in [9.17, 15) is 9.18 Å². The van der Waals surface area contributed by atoms with Crippen molar-refractivity contribution in [3.8, 4) is 0 Å². The number of hydrogen-bond donors (Lipinski definition) is 1. The highest BCUT2D eigenvalue weighted by Gasteiger charge is 2.14. The van der Waals surface area contributed by atoms with E-state index in [4.69, 9.17) is 11.6 Å². The molecule has 2 aromatic heterocycles. The van der Waals surface area contributed by atoms with Gasteiger partial charge in [-0.15, -0.1) is 11.3 Å². The summed E-state index contributed by atoms with van der Waals surface area (Å²) in [6.07, 6.45) is 3.54. The standard InChI is InChI=1S/C16H10BrClFN3OS/c17-10-6-12(14(18)20-7-10)15(23)22-16-21-8-11(24-16)5-9-3-1-2-4-13(9)19/h1-4,6-8H,5H2,(H,21,22,23).